The fraction of sp³-hybridized carbons (Fsp3) is 0.611. The number of aliphatic hydroxyl groups excluding tert-OH is 1. The van der Waals surface area contributed by atoms with Gasteiger partial charge in [-0.1, -0.05) is 13.3 Å². The van der Waals surface area contributed by atoms with E-state index in [1.54, 1.807) is 0 Å². The van der Waals surface area contributed by atoms with Crippen molar-refractivity contribution in [2.24, 2.45) is 4.99 Å². The molecular formula is C18H27N3O8. The van der Waals surface area contributed by atoms with Crippen LogP contribution in [0.1, 0.15) is 40.0 Å². The van der Waals surface area contributed by atoms with Crippen LogP contribution in [0, 0.1) is 0 Å². The molecule has 0 unspecified atom stereocenters. The lowest BCUT2D eigenvalue weighted by Crippen LogP contribution is -2.45. The maximum atomic E-state index is 12.0. The lowest BCUT2D eigenvalue weighted by Gasteiger charge is -2.17. The lowest BCUT2D eigenvalue weighted by molar-refractivity contribution is -0.155. The Morgan fingerprint density at radius 2 is 1.97 bits per heavy atom. The number of rotatable bonds is 9. The number of aliphatic imine (C=N–C) groups is 1. The van der Waals surface area contributed by atoms with Gasteiger partial charge in [-0.2, -0.15) is 0 Å². The highest BCUT2D eigenvalue weighted by atomic mass is 16.6. The highest BCUT2D eigenvalue weighted by Crippen LogP contribution is 2.22. The maximum absolute atomic E-state index is 12.0. The predicted octanol–water partition coefficient (Wildman–Crippen LogP) is 0.735. The summed E-state index contributed by atoms with van der Waals surface area (Å²) in [4.78, 5) is 50.2. The minimum atomic E-state index is -0.882. The maximum Gasteiger partial charge on any atom is 0.323 e. The summed E-state index contributed by atoms with van der Waals surface area (Å²) in [7, 11) is 0. The van der Waals surface area contributed by atoms with E-state index in [-0.39, 0.29) is 18.6 Å². The van der Waals surface area contributed by atoms with Crippen molar-refractivity contribution in [2.45, 2.75) is 58.5 Å². The van der Waals surface area contributed by atoms with Crippen molar-refractivity contribution in [3.8, 4) is 0 Å². The number of nitrogens with one attached hydrogen (secondary N) is 2. The van der Waals surface area contributed by atoms with Crippen LogP contribution >= 0.6 is 0 Å². The summed E-state index contributed by atoms with van der Waals surface area (Å²) in [5, 5.41) is 13.6. The summed E-state index contributed by atoms with van der Waals surface area (Å²) in [6.07, 6.45) is 1.22. The first kappa shape index (κ1) is 24.1. The van der Waals surface area contributed by atoms with E-state index >= 15 is 0 Å². The van der Waals surface area contributed by atoms with Gasteiger partial charge in [0.1, 0.15) is 25.0 Å². The molecule has 11 nitrogen and oxygen atoms in total. The van der Waals surface area contributed by atoms with Gasteiger partial charge in [-0.25, -0.2) is 4.79 Å². The molecule has 3 amide bonds. The van der Waals surface area contributed by atoms with E-state index in [0.29, 0.717) is 12.8 Å². The molecule has 1 heterocycles. The summed E-state index contributed by atoms with van der Waals surface area (Å²) in [5.74, 6) is -1.93. The normalized spacial score (nSPS) is 21.6. The zero-order chi connectivity index (χ0) is 21.8. The molecule has 1 saturated heterocycles. The van der Waals surface area contributed by atoms with E-state index in [0.717, 1.165) is 12.8 Å². The number of esters is 2. The van der Waals surface area contributed by atoms with E-state index < -0.39 is 42.3 Å². The van der Waals surface area contributed by atoms with Gasteiger partial charge in [0.25, 0.3) is 5.91 Å². The Morgan fingerprint density at radius 1 is 1.24 bits per heavy atom. The summed E-state index contributed by atoms with van der Waals surface area (Å²) >= 11 is 0. The molecule has 1 aliphatic rings. The van der Waals surface area contributed by atoms with Crippen molar-refractivity contribution in [1.29, 1.82) is 0 Å². The molecule has 0 aromatic rings. The minimum absolute atomic E-state index is 0.105. The number of urea groups is 1. The Labute approximate surface area is 168 Å². The number of aliphatic hydroxyl groups is 1. The number of imide groups is 1. The average molecular weight is 413 g/mol. The molecule has 0 aromatic heterocycles. The monoisotopic (exact) mass is 413 g/mol. The molecule has 162 valence electrons. The molecule has 1 fully saturated rings. The number of ether oxygens (including phenoxy) is 3. The second kappa shape index (κ2) is 12.5. The predicted molar refractivity (Wildman–Crippen MR) is 101 cm³/mol. The van der Waals surface area contributed by atoms with Crippen molar-refractivity contribution in [2.75, 3.05) is 13.2 Å². The van der Waals surface area contributed by atoms with Crippen LogP contribution in [0.2, 0.25) is 0 Å². The Kier molecular flexibility index (Phi) is 10.4. The fourth-order valence-corrected chi connectivity index (χ4v) is 2.41. The highest BCUT2D eigenvalue weighted by molar-refractivity contribution is 6.16. The van der Waals surface area contributed by atoms with E-state index in [4.69, 9.17) is 19.3 Å². The standard InChI is InChI=1S/C18H27N3O8/c1-4-5-6-19-8-13(9-22)17(25)21-18(26)20-16-7-14(28-12(3)24)15(29-16)10-27-11(2)23/h8-9,14-16,22H,4-7,10H2,1-3H3,(H2,20,21,25,26)/b13-9-,19-8?/t14-,15+,16+/m0/s1. The zero-order valence-electron chi connectivity index (χ0n) is 16.7. The van der Waals surface area contributed by atoms with Gasteiger partial charge in [0.05, 0.1) is 11.8 Å². The van der Waals surface area contributed by atoms with Crippen molar-refractivity contribution in [3.05, 3.63) is 11.8 Å². The molecule has 0 aromatic carbocycles. The number of nitrogens with zero attached hydrogens (tertiary/aromatic N) is 1. The Balaban J connectivity index is 2.59. The Hall–Kier alpha value is -2.95. The van der Waals surface area contributed by atoms with Crippen LogP contribution in [0.5, 0.6) is 0 Å². The lowest BCUT2D eigenvalue weighted by atomic mass is 10.2. The van der Waals surface area contributed by atoms with Crippen LogP contribution in [0.4, 0.5) is 4.79 Å². The number of carbonyl (C=O) groups is 4. The van der Waals surface area contributed by atoms with Gasteiger partial charge < -0.3 is 24.6 Å². The van der Waals surface area contributed by atoms with Gasteiger partial charge in [-0.3, -0.25) is 24.7 Å². The van der Waals surface area contributed by atoms with E-state index in [2.05, 4.69) is 10.3 Å². The van der Waals surface area contributed by atoms with Crippen LogP contribution in [-0.2, 0) is 28.6 Å². The van der Waals surface area contributed by atoms with E-state index in [1.807, 2.05) is 12.2 Å². The first-order chi connectivity index (χ1) is 13.8. The highest BCUT2D eigenvalue weighted by Gasteiger charge is 2.39. The molecule has 29 heavy (non-hydrogen) atoms. The fourth-order valence-electron chi connectivity index (χ4n) is 2.41. The first-order valence-electron chi connectivity index (χ1n) is 9.18. The molecule has 1 aliphatic heterocycles. The quantitative estimate of drug-likeness (QED) is 0.164. The van der Waals surface area contributed by atoms with Gasteiger partial charge in [0, 0.05) is 33.0 Å². The molecule has 3 atom stereocenters. The topological polar surface area (TPSA) is 153 Å². The summed E-state index contributed by atoms with van der Waals surface area (Å²) in [6, 6.07) is -0.879. The number of unbranched alkanes of at least 4 members (excludes halogenated alkanes) is 1. The molecule has 0 bridgehead atoms. The first-order valence-corrected chi connectivity index (χ1v) is 9.18. The SMILES string of the molecule is CCCCN=C/C(=C/O)C(=O)NC(=O)N[C@H]1C[C@H](OC(C)=O)[C@@H](COC(C)=O)O1. The van der Waals surface area contributed by atoms with Crippen LogP contribution in [-0.4, -0.2) is 66.8 Å². The smallest absolute Gasteiger partial charge is 0.323 e. The zero-order valence-corrected chi connectivity index (χ0v) is 16.7. The van der Waals surface area contributed by atoms with Crippen molar-refractivity contribution >= 4 is 30.1 Å². The number of carbonyl (C=O) groups excluding carboxylic acids is 4. The van der Waals surface area contributed by atoms with Gasteiger partial charge in [-0.15, -0.1) is 0 Å². The third kappa shape index (κ3) is 9.19. The number of hydrogen-bond acceptors (Lipinski definition) is 9. The molecule has 0 aliphatic carbocycles. The number of amides is 3. The second-order valence-electron chi connectivity index (χ2n) is 6.25. The minimum Gasteiger partial charge on any atom is -0.515 e. The third-order valence-corrected chi connectivity index (χ3v) is 3.76. The second-order valence-corrected chi connectivity index (χ2v) is 6.25. The Bertz CT molecular complexity index is 661. The molecule has 0 radical (unpaired) electrons. The molecule has 1 rings (SSSR count). The number of hydrogen-bond donors (Lipinski definition) is 3. The average Bonchev–Trinajstić information content (AvgIpc) is 3.00. The van der Waals surface area contributed by atoms with Crippen molar-refractivity contribution in [3.63, 3.8) is 0 Å². The molecule has 0 saturated carbocycles. The van der Waals surface area contributed by atoms with Gasteiger partial charge in [0.15, 0.2) is 0 Å². The van der Waals surface area contributed by atoms with Crippen LogP contribution in [0.15, 0.2) is 16.8 Å². The summed E-state index contributed by atoms with van der Waals surface area (Å²) in [5.41, 5.74) is -0.186. The third-order valence-electron chi connectivity index (χ3n) is 3.76. The molecule has 11 heteroatoms. The van der Waals surface area contributed by atoms with Crippen molar-refractivity contribution < 1.29 is 38.5 Å². The molecule has 3 N–H and O–H groups in total. The van der Waals surface area contributed by atoms with Gasteiger partial charge >= 0.3 is 18.0 Å². The van der Waals surface area contributed by atoms with E-state index in [1.165, 1.54) is 20.1 Å². The van der Waals surface area contributed by atoms with Crippen LogP contribution in [0.3, 0.4) is 0 Å². The largest absolute Gasteiger partial charge is 0.515 e. The van der Waals surface area contributed by atoms with Crippen LogP contribution in [0.25, 0.3) is 0 Å². The Morgan fingerprint density at radius 3 is 2.55 bits per heavy atom. The van der Waals surface area contributed by atoms with Crippen LogP contribution < -0.4 is 10.6 Å². The molecular weight excluding hydrogens is 386 g/mol. The van der Waals surface area contributed by atoms with Gasteiger partial charge in [0.2, 0.25) is 0 Å². The van der Waals surface area contributed by atoms with Gasteiger partial charge in [-0.05, 0) is 6.42 Å². The van der Waals surface area contributed by atoms with Crippen molar-refractivity contribution in [1.82, 2.24) is 10.6 Å². The molecule has 0 spiro atoms. The van der Waals surface area contributed by atoms with E-state index in [9.17, 15) is 19.2 Å². The summed E-state index contributed by atoms with van der Waals surface area (Å²) < 4.78 is 15.5. The summed E-state index contributed by atoms with van der Waals surface area (Å²) in [6.45, 7) is 4.77.